The molecule has 2 amide bonds. The van der Waals surface area contributed by atoms with Crippen molar-refractivity contribution in [3.8, 4) is 0 Å². The van der Waals surface area contributed by atoms with Gasteiger partial charge >= 0.3 is 0 Å². The number of hydrogen-bond acceptors (Lipinski definition) is 8. The number of likely N-dealkylation sites (N-methyl/N-ethyl adjacent to an activating group) is 1. The average Bonchev–Trinajstić information content (AvgIpc) is 3.55. The molecule has 282 valence electrons. The smallest absolute Gasteiger partial charge is 0.226 e. The molecule has 2 rings (SSSR count). The number of carbonyl (C=O) groups excluding carboxylic acids is 3. The zero-order valence-corrected chi connectivity index (χ0v) is 32.9. The third-order valence-corrected chi connectivity index (χ3v) is 11.0. The summed E-state index contributed by atoms with van der Waals surface area (Å²) >= 11 is 5.84. The number of rotatable bonds is 20. The van der Waals surface area contributed by atoms with Gasteiger partial charge in [-0.25, -0.2) is 0 Å². The molecule has 1 heterocycles. The highest BCUT2D eigenvalue weighted by Crippen LogP contribution is 2.31. The van der Waals surface area contributed by atoms with Gasteiger partial charge in [0.25, 0.3) is 0 Å². The zero-order valence-electron chi connectivity index (χ0n) is 32.1. The van der Waals surface area contributed by atoms with Crippen LogP contribution in [0, 0.1) is 23.7 Å². The monoisotopic (exact) mass is 716 g/mol. The lowest BCUT2D eigenvalue weighted by Crippen LogP contribution is -2.54. The molecule has 0 saturated carbocycles. The van der Waals surface area contributed by atoms with Crippen molar-refractivity contribution in [2.75, 3.05) is 27.8 Å². The van der Waals surface area contributed by atoms with Gasteiger partial charge in [0.2, 0.25) is 11.8 Å². The van der Waals surface area contributed by atoms with Crippen molar-refractivity contribution in [3.63, 3.8) is 0 Å². The van der Waals surface area contributed by atoms with Crippen LogP contribution in [0.3, 0.4) is 0 Å². The Morgan fingerprint density at radius 2 is 1.74 bits per heavy atom. The number of nitrogens with zero attached hydrogens (tertiary/aromatic N) is 2. The second-order valence-electron chi connectivity index (χ2n) is 15.0. The zero-order chi connectivity index (χ0) is 37.9. The van der Waals surface area contributed by atoms with Gasteiger partial charge in [0, 0.05) is 46.1 Å². The average molecular weight is 717 g/mol. The summed E-state index contributed by atoms with van der Waals surface area (Å²) in [7, 11) is 4.97. The second kappa shape index (κ2) is 19.7. The number of methoxy groups -OCH3 is 2. The molecule has 4 N–H and O–H groups in total. The summed E-state index contributed by atoms with van der Waals surface area (Å²) in [6.07, 6.45) is 2.02. The summed E-state index contributed by atoms with van der Waals surface area (Å²) in [5.74, 6) is -1.28. The fraction of sp³-hybridized carbons (Fsp3) is 0.692. The van der Waals surface area contributed by atoms with E-state index in [0.29, 0.717) is 18.0 Å². The first-order valence-corrected chi connectivity index (χ1v) is 18.5. The number of nitrogens with one attached hydrogen (secondary N) is 1. The van der Waals surface area contributed by atoms with E-state index in [0.717, 1.165) is 24.8 Å². The van der Waals surface area contributed by atoms with E-state index >= 15 is 0 Å². The molecule has 1 aromatic rings. The maximum atomic E-state index is 14.1. The lowest BCUT2D eigenvalue weighted by molar-refractivity contribution is -0.148. The maximum Gasteiger partial charge on any atom is 0.226 e. The van der Waals surface area contributed by atoms with E-state index in [-0.39, 0.29) is 60.0 Å². The number of aliphatic hydroxyl groups is 1. The van der Waals surface area contributed by atoms with Gasteiger partial charge in [-0.3, -0.25) is 14.4 Å². The molecule has 0 aromatic heterocycles. The molecule has 10 nitrogen and oxygen atoms in total. The number of hydrogen-bond donors (Lipinski definition) is 3. The Morgan fingerprint density at radius 3 is 2.24 bits per heavy atom. The Morgan fingerprint density at radius 1 is 1.12 bits per heavy atom. The summed E-state index contributed by atoms with van der Waals surface area (Å²) in [5.41, 5.74) is 6.09. The summed E-state index contributed by atoms with van der Waals surface area (Å²) in [6, 6.07) is 8.73. The van der Waals surface area contributed by atoms with Crippen LogP contribution in [0.25, 0.3) is 0 Å². The van der Waals surface area contributed by atoms with Crippen LogP contribution < -0.4 is 11.1 Å². The second-order valence-corrected chi connectivity index (χ2v) is 15.5. The molecule has 0 unspecified atom stereocenters. The number of carbonyl (C=O) groups is 3. The number of aliphatic hydroxyl groups excluding tert-OH is 1. The molecule has 50 heavy (non-hydrogen) atoms. The molecule has 1 aromatic carbocycles. The summed E-state index contributed by atoms with van der Waals surface area (Å²) in [5, 5.41) is 13.7. The van der Waals surface area contributed by atoms with Crippen molar-refractivity contribution in [2.45, 2.75) is 123 Å². The lowest BCUT2D eigenvalue weighted by atomic mass is 9.83. The van der Waals surface area contributed by atoms with Gasteiger partial charge in [-0.1, -0.05) is 90.2 Å². The number of nitrogens with two attached hydrogens (primary N) is 1. The molecule has 1 saturated heterocycles. The minimum absolute atomic E-state index is 0.00510. The highest BCUT2D eigenvalue weighted by molar-refractivity contribution is 7.80. The quantitative estimate of drug-likeness (QED) is 0.119. The van der Waals surface area contributed by atoms with E-state index in [1.807, 2.05) is 56.0 Å². The third-order valence-electron chi connectivity index (χ3n) is 10.5. The summed E-state index contributed by atoms with van der Waals surface area (Å²) in [6.45, 7) is 17.6. The molecule has 1 fully saturated rings. The topological polar surface area (TPSA) is 134 Å². The molecule has 1 aliphatic rings. The van der Waals surface area contributed by atoms with Crippen molar-refractivity contribution < 1.29 is 29.0 Å². The van der Waals surface area contributed by atoms with E-state index in [4.69, 9.17) is 27.4 Å². The van der Waals surface area contributed by atoms with Gasteiger partial charge in [-0.05, 0) is 50.5 Å². The minimum Gasteiger partial charge on any atom is -0.511 e. The number of Topliss-reactive ketones (excluding diaryl/α,β-unsaturated/α-hetero) is 1. The standard InChI is InChI=1S/C39H64N4O6S/c1-12-25(4)35(42(9)38(47)29(24(2)3)22-33(45)39(7,8)40)32(48-10)23-34(46)43-20-16-19-31(43)36(49-11)26(5)37(50)41-30(27(6)44)21-28-17-14-13-15-18-28/h13-15,17-18,24-26,29-32,35-36,44H,6,12,16,19-23,40H2,1-5,7-11H3,(H,41,50)/t25-,26+,29-,30-,31-,32+,35-,36+/m0/s1. The van der Waals surface area contributed by atoms with Crippen molar-refractivity contribution in [2.24, 2.45) is 29.4 Å². The number of ether oxygens (including phenoxy) is 2. The van der Waals surface area contributed by atoms with Crippen LogP contribution in [0.5, 0.6) is 0 Å². The highest BCUT2D eigenvalue weighted by Gasteiger charge is 2.42. The van der Waals surface area contributed by atoms with Gasteiger partial charge in [-0.2, -0.15) is 0 Å². The van der Waals surface area contributed by atoms with Crippen LogP contribution in [0.1, 0.15) is 86.1 Å². The van der Waals surface area contributed by atoms with Gasteiger partial charge in [0.15, 0.2) is 5.78 Å². The summed E-state index contributed by atoms with van der Waals surface area (Å²) < 4.78 is 12.1. The minimum atomic E-state index is -1.04. The number of benzene rings is 1. The molecular weight excluding hydrogens is 653 g/mol. The van der Waals surface area contributed by atoms with Crippen LogP contribution in [-0.4, -0.2) is 101 Å². The molecule has 11 heteroatoms. The number of ketones is 1. The van der Waals surface area contributed by atoms with Crippen LogP contribution in [0.15, 0.2) is 42.7 Å². The van der Waals surface area contributed by atoms with E-state index < -0.39 is 35.7 Å². The van der Waals surface area contributed by atoms with Crippen molar-refractivity contribution in [1.29, 1.82) is 0 Å². The van der Waals surface area contributed by atoms with Crippen LogP contribution in [0.2, 0.25) is 0 Å². The first kappa shape index (κ1) is 43.3. The molecule has 0 radical (unpaired) electrons. The first-order chi connectivity index (χ1) is 23.4. The van der Waals surface area contributed by atoms with Crippen molar-refractivity contribution >= 4 is 34.8 Å². The third kappa shape index (κ3) is 11.6. The Balaban J connectivity index is 2.26. The Labute approximate surface area is 306 Å². The van der Waals surface area contributed by atoms with Crippen molar-refractivity contribution in [1.82, 2.24) is 15.1 Å². The molecule has 0 bridgehead atoms. The van der Waals surface area contributed by atoms with E-state index in [2.05, 4.69) is 25.7 Å². The normalized spacial score (nSPS) is 19.2. The van der Waals surface area contributed by atoms with Crippen LogP contribution in [0.4, 0.5) is 0 Å². The van der Waals surface area contributed by atoms with Gasteiger partial charge in [0.05, 0.1) is 47.3 Å². The molecule has 1 aliphatic heterocycles. The fourth-order valence-corrected chi connectivity index (χ4v) is 7.32. The fourth-order valence-electron chi connectivity index (χ4n) is 7.04. The van der Waals surface area contributed by atoms with E-state index in [1.54, 1.807) is 40.0 Å². The van der Waals surface area contributed by atoms with E-state index in [9.17, 15) is 19.5 Å². The predicted octanol–water partition coefficient (Wildman–Crippen LogP) is 5.48. The van der Waals surface area contributed by atoms with Crippen molar-refractivity contribution in [3.05, 3.63) is 48.2 Å². The Hall–Kier alpha value is -2.86. The first-order valence-electron chi connectivity index (χ1n) is 18.0. The van der Waals surface area contributed by atoms with E-state index in [1.165, 1.54) is 0 Å². The highest BCUT2D eigenvalue weighted by atomic mass is 32.1. The number of amides is 2. The Bertz CT molecular complexity index is 1280. The maximum absolute atomic E-state index is 14.1. The predicted molar refractivity (Wildman–Crippen MR) is 204 cm³/mol. The SMILES string of the molecule is C=C(O)[C@H](Cc1ccccc1)NC(=S)[C@H](C)[C@@H](OC)[C@@H]1CCCN1C(=O)C[C@@H](OC)[C@H]([C@@H](C)CC)N(C)C(=O)[C@@H](CC(=O)C(C)(C)N)C(C)C. The molecule has 8 atom stereocenters. The van der Waals surface area contributed by atoms with Gasteiger partial charge in [-0.15, -0.1) is 0 Å². The number of likely N-dealkylation sites (tertiary alicyclic amines) is 1. The van der Waals surface area contributed by atoms with Crippen LogP contribution >= 0.6 is 12.2 Å². The molecule has 0 aliphatic carbocycles. The van der Waals surface area contributed by atoms with Gasteiger partial charge < -0.3 is 35.4 Å². The largest absolute Gasteiger partial charge is 0.511 e. The number of thiocarbonyl (C=S) groups is 1. The molecular formula is C39H64N4O6S. The Kier molecular flexibility index (Phi) is 17.0. The lowest BCUT2D eigenvalue weighted by Gasteiger charge is -2.41. The van der Waals surface area contributed by atoms with Gasteiger partial charge in [0.1, 0.15) is 5.76 Å². The summed E-state index contributed by atoms with van der Waals surface area (Å²) in [4.78, 5) is 45.2. The van der Waals surface area contributed by atoms with Crippen LogP contribution in [-0.2, 0) is 30.3 Å². The molecule has 0 spiro atoms.